The first kappa shape index (κ1) is 13.4. The third kappa shape index (κ3) is 4.90. The van der Waals surface area contributed by atoms with Gasteiger partial charge in [0, 0.05) is 18.0 Å². The molecule has 1 atom stereocenters. The smallest absolute Gasteiger partial charge is 0.126 e. The van der Waals surface area contributed by atoms with Crippen LogP contribution in [-0.2, 0) is 6.54 Å². The minimum absolute atomic E-state index is 0.164. The zero-order valence-electron chi connectivity index (χ0n) is 9.27. The van der Waals surface area contributed by atoms with Crippen molar-refractivity contribution in [3.8, 4) is 0 Å². The predicted molar refractivity (Wildman–Crippen MR) is 62.6 cm³/mol. The van der Waals surface area contributed by atoms with Gasteiger partial charge in [-0.25, -0.2) is 8.78 Å². The van der Waals surface area contributed by atoms with E-state index >= 15 is 0 Å². The summed E-state index contributed by atoms with van der Waals surface area (Å²) in [6, 6.07) is 3.53. The minimum atomic E-state index is -0.541. The number of halogens is 3. The maximum absolute atomic E-state index is 12.8. The Hall–Kier alpha value is -0.670. The Labute approximate surface area is 99.8 Å². The van der Waals surface area contributed by atoms with Crippen molar-refractivity contribution in [1.82, 2.24) is 5.32 Å². The minimum Gasteiger partial charge on any atom is -0.313 e. The Bertz CT molecular complexity index is 311. The van der Waals surface area contributed by atoms with Gasteiger partial charge in [-0.1, -0.05) is 6.92 Å². The molecule has 1 nitrogen and oxygen atoms in total. The second kappa shape index (κ2) is 6.81. The summed E-state index contributed by atoms with van der Waals surface area (Å²) in [6.45, 7) is 3.24. The maximum atomic E-state index is 12.8. The molecule has 0 aliphatic heterocycles. The van der Waals surface area contributed by atoms with Crippen molar-refractivity contribution in [2.45, 2.75) is 31.7 Å². The number of alkyl halides is 1. The number of nitrogens with one attached hydrogen (secondary N) is 1. The quantitative estimate of drug-likeness (QED) is 0.600. The third-order valence-corrected chi connectivity index (χ3v) is 2.86. The molecule has 16 heavy (non-hydrogen) atoms. The van der Waals surface area contributed by atoms with Crippen molar-refractivity contribution in [2.75, 3.05) is 6.54 Å². The molecule has 0 radical (unpaired) electrons. The van der Waals surface area contributed by atoms with Crippen LogP contribution >= 0.6 is 11.6 Å². The first-order chi connectivity index (χ1) is 7.61. The van der Waals surface area contributed by atoms with E-state index in [1.165, 1.54) is 12.1 Å². The normalized spacial score (nSPS) is 12.8. The van der Waals surface area contributed by atoms with Gasteiger partial charge in [-0.2, -0.15) is 0 Å². The molecular formula is C12H16ClF2N. The monoisotopic (exact) mass is 247 g/mol. The van der Waals surface area contributed by atoms with Gasteiger partial charge in [-0.05, 0) is 37.1 Å². The van der Waals surface area contributed by atoms with E-state index in [0.717, 1.165) is 25.5 Å². The molecule has 1 aromatic carbocycles. The second-order valence-corrected chi connectivity index (χ2v) is 4.37. The Morgan fingerprint density at radius 3 is 2.44 bits per heavy atom. The molecule has 0 bridgehead atoms. The van der Waals surface area contributed by atoms with Gasteiger partial charge in [0.15, 0.2) is 0 Å². The number of hydrogen-bond acceptors (Lipinski definition) is 1. The summed E-state index contributed by atoms with van der Waals surface area (Å²) in [5.41, 5.74) is 0.611. The van der Waals surface area contributed by atoms with Crippen LogP contribution in [0.1, 0.15) is 25.3 Å². The van der Waals surface area contributed by atoms with Crippen LogP contribution in [0.25, 0.3) is 0 Å². The van der Waals surface area contributed by atoms with Crippen LogP contribution in [0.5, 0.6) is 0 Å². The summed E-state index contributed by atoms with van der Waals surface area (Å²) in [5, 5.41) is 3.27. The van der Waals surface area contributed by atoms with Crippen LogP contribution < -0.4 is 5.32 Å². The molecule has 0 saturated carbocycles. The summed E-state index contributed by atoms with van der Waals surface area (Å²) < 4.78 is 25.7. The van der Waals surface area contributed by atoms with Gasteiger partial charge in [0.05, 0.1) is 0 Å². The lowest BCUT2D eigenvalue weighted by molar-refractivity contribution is 0.571. The largest absolute Gasteiger partial charge is 0.313 e. The van der Waals surface area contributed by atoms with Crippen molar-refractivity contribution in [3.63, 3.8) is 0 Å². The van der Waals surface area contributed by atoms with Gasteiger partial charge in [-0.3, -0.25) is 0 Å². The summed E-state index contributed by atoms with van der Waals surface area (Å²) in [7, 11) is 0. The van der Waals surface area contributed by atoms with Crippen LogP contribution in [-0.4, -0.2) is 11.9 Å². The van der Waals surface area contributed by atoms with E-state index in [-0.39, 0.29) is 5.38 Å². The van der Waals surface area contributed by atoms with E-state index in [1.54, 1.807) is 0 Å². The summed E-state index contributed by atoms with van der Waals surface area (Å²) in [4.78, 5) is 0. The average Bonchev–Trinajstić information content (AvgIpc) is 2.22. The first-order valence-corrected chi connectivity index (χ1v) is 5.85. The highest BCUT2D eigenvalue weighted by atomic mass is 35.5. The predicted octanol–water partition coefficient (Wildman–Crippen LogP) is 3.46. The molecule has 1 aromatic rings. The third-order valence-electron chi connectivity index (χ3n) is 2.33. The van der Waals surface area contributed by atoms with Crippen molar-refractivity contribution in [3.05, 3.63) is 35.4 Å². The molecule has 0 aliphatic carbocycles. The Balaban J connectivity index is 2.32. The molecule has 4 heteroatoms. The lowest BCUT2D eigenvalue weighted by Gasteiger charge is -2.08. The Morgan fingerprint density at radius 2 is 1.88 bits per heavy atom. The fourth-order valence-electron chi connectivity index (χ4n) is 1.41. The van der Waals surface area contributed by atoms with Crippen molar-refractivity contribution >= 4 is 11.6 Å². The molecular weight excluding hydrogens is 232 g/mol. The molecule has 1 N–H and O–H groups in total. The molecule has 1 rings (SSSR count). The van der Waals surface area contributed by atoms with Gasteiger partial charge in [0.1, 0.15) is 11.6 Å². The number of rotatable bonds is 6. The Kier molecular flexibility index (Phi) is 5.71. The van der Waals surface area contributed by atoms with Crippen LogP contribution in [0.4, 0.5) is 8.78 Å². The molecule has 90 valence electrons. The lowest BCUT2D eigenvalue weighted by Crippen LogP contribution is -2.18. The number of hydrogen-bond donors (Lipinski definition) is 1. The van der Waals surface area contributed by atoms with Crippen molar-refractivity contribution in [1.29, 1.82) is 0 Å². The van der Waals surface area contributed by atoms with Gasteiger partial charge < -0.3 is 5.32 Å². The van der Waals surface area contributed by atoms with E-state index in [2.05, 4.69) is 5.32 Å². The molecule has 0 heterocycles. The van der Waals surface area contributed by atoms with Crippen molar-refractivity contribution < 1.29 is 8.78 Å². The highest BCUT2D eigenvalue weighted by molar-refractivity contribution is 6.20. The summed E-state index contributed by atoms with van der Waals surface area (Å²) in [6.07, 6.45) is 1.79. The standard InChI is InChI=1S/C12H16ClF2N/c1-2-10(13)3-4-16-8-9-5-11(14)7-12(15)6-9/h5-7,10,16H,2-4,8H2,1H3. The SMILES string of the molecule is CCC(Cl)CCNCc1cc(F)cc(F)c1. The van der Waals surface area contributed by atoms with E-state index < -0.39 is 11.6 Å². The fraction of sp³-hybridized carbons (Fsp3) is 0.500. The van der Waals surface area contributed by atoms with Gasteiger partial charge in [-0.15, -0.1) is 11.6 Å². The van der Waals surface area contributed by atoms with E-state index in [4.69, 9.17) is 11.6 Å². The van der Waals surface area contributed by atoms with Gasteiger partial charge in [0.25, 0.3) is 0 Å². The average molecular weight is 248 g/mol. The molecule has 0 saturated heterocycles. The highest BCUT2D eigenvalue weighted by Crippen LogP contribution is 2.08. The van der Waals surface area contributed by atoms with Crippen LogP contribution in [0.15, 0.2) is 18.2 Å². The molecule has 0 aliphatic rings. The zero-order chi connectivity index (χ0) is 12.0. The lowest BCUT2D eigenvalue weighted by atomic mass is 10.2. The molecule has 1 unspecified atom stereocenters. The van der Waals surface area contributed by atoms with E-state index in [9.17, 15) is 8.78 Å². The fourth-order valence-corrected chi connectivity index (χ4v) is 1.52. The summed E-state index contributed by atoms with van der Waals surface area (Å²) >= 11 is 5.94. The molecule has 0 amide bonds. The molecule has 0 spiro atoms. The van der Waals surface area contributed by atoms with Crippen LogP contribution in [0, 0.1) is 11.6 Å². The highest BCUT2D eigenvalue weighted by Gasteiger charge is 2.02. The molecule has 0 aromatic heterocycles. The van der Waals surface area contributed by atoms with E-state index in [0.29, 0.717) is 12.1 Å². The maximum Gasteiger partial charge on any atom is 0.126 e. The van der Waals surface area contributed by atoms with Gasteiger partial charge >= 0.3 is 0 Å². The van der Waals surface area contributed by atoms with Gasteiger partial charge in [0.2, 0.25) is 0 Å². The second-order valence-electron chi connectivity index (χ2n) is 3.75. The topological polar surface area (TPSA) is 12.0 Å². The van der Waals surface area contributed by atoms with E-state index in [1.807, 2.05) is 6.92 Å². The summed E-state index contributed by atoms with van der Waals surface area (Å²) in [5.74, 6) is -1.08. The Morgan fingerprint density at radius 1 is 1.25 bits per heavy atom. The van der Waals surface area contributed by atoms with Crippen molar-refractivity contribution in [2.24, 2.45) is 0 Å². The molecule has 0 fully saturated rings. The number of benzene rings is 1. The first-order valence-electron chi connectivity index (χ1n) is 5.41. The van der Waals surface area contributed by atoms with Crippen LogP contribution in [0.3, 0.4) is 0 Å². The van der Waals surface area contributed by atoms with Crippen LogP contribution in [0.2, 0.25) is 0 Å². The zero-order valence-corrected chi connectivity index (χ0v) is 10.0.